The molecule has 0 aromatic heterocycles. The highest BCUT2D eigenvalue weighted by atomic mass is 79.9. The lowest BCUT2D eigenvalue weighted by Gasteiger charge is -2.39. The molecule has 188 valence electrons. The van der Waals surface area contributed by atoms with Crippen molar-refractivity contribution in [2.75, 3.05) is 12.4 Å². The molecule has 3 aromatic carbocycles. The fourth-order valence-electron chi connectivity index (χ4n) is 5.05. The summed E-state index contributed by atoms with van der Waals surface area (Å²) in [5.41, 5.74) is 1.67. The minimum absolute atomic E-state index is 0.116. The number of anilines is 1. The van der Waals surface area contributed by atoms with Crippen molar-refractivity contribution in [1.29, 1.82) is 0 Å². The van der Waals surface area contributed by atoms with Crippen LogP contribution in [0.1, 0.15) is 40.6 Å². The van der Waals surface area contributed by atoms with Crippen molar-refractivity contribution in [1.82, 2.24) is 0 Å². The van der Waals surface area contributed by atoms with Gasteiger partial charge in [0.2, 0.25) is 0 Å². The number of hydrogen-bond donors (Lipinski definition) is 1. The standard InChI is InChI=1S/C27H21BrCl2F3NO2/c1-35-22-12-15(11-20(28)26(22)36-13-14-5-7-16(29)8-6-14)24-18-4-2-3-17(18)23-19(27(31,32)33)9-10-21(30)25(23)34-24/h2-3,5-12,17-18,24,34H,4,13H2,1H3/t17-,18+,24-/m0/s1. The number of alkyl halides is 3. The summed E-state index contributed by atoms with van der Waals surface area (Å²) in [4.78, 5) is 0. The van der Waals surface area contributed by atoms with Gasteiger partial charge in [-0.05, 0) is 81.4 Å². The van der Waals surface area contributed by atoms with Crippen LogP contribution in [-0.4, -0.2) is 7.11 Å². The number of nitrogens with one attached hydrogen (secondary N) is 1. The quantitative estimate of drug-likeness (QED) is 0.297. The van der Waals surface area contributed by atoms with Crippen LogP contribution in [0.25, 0.3) is 0 Å². The predicted molar refractivity (Wildman–Crippen MR) is 139 cm³/mol. The molecule has 1 heterocycles. The summed E-state index contributed by atoms with van der Waals surface area (Å²) in [7, 11) is 1.55. The predicted octanol–water partition coefficient (Wildman–Crippen LogP) is 9.19. The Labute approximate surface area is 225 Å². The van der Waals surface area contributed by atoms with Gasteiger partial charge in [-0.25, -0.2) is 0 Å². The van der Waals surface area contributed by atoms with E-state index in [0.717, 1.165) is 17.2 Å². The zero-order valence-corrected chi connectivity index (χ0v) is 22.1. The molecule has 3 atom stereocenters. The van der Waals surface area contributed by atoms with Crippen LogP contribution in [0.4, 0.5) is 18.9 Å². The number of benzene rings is 3. The summed E-state index contributed by atoms with van der Waals surface area (Å²) < 4.78 is 53.9. The Balaban J connectivity index is 1.50. The minimum atomic E-state index is -4.47. The van der Waals surface area contributed by atoms with Crippen molar-refractivity contribution in [2.45, 2.75) is 31.2 Å². The molecule has 0 radical (unpaired) electrons. The molecule has 0 fully saturated rings. The summed E-state index contributed by atoms with van der Waals surface area (Å²) in [5, 5.41) is 4.23. The Morgan fingerprint density at radius 1 is 1.08 bits per heavy atom. The lowest BCUT2D eigenvalue weighted by atomic mass is 9.75. The van der Waals surface area contributed by atoms with Gasteiger partial charge < -0.3 is 14.8 Å². The number of ether oxygens (including phenoxy) is 2. The molecule has 0 unspecified atom stereocenters. The molecular formula is C27H21BrCl2F3NO2. The second-order valence-corrected chi connectivity index (χ2v) is 10.5. The van der Waals surface area contributed by atoms with Gasteiger partial charge >= 0.3 is 6.18 Å². The van der Waals surface area contributed by atoms with Crippen molar-refractivity contribution in [2.24, 2.45) is 5.92 Å². The van der Waals surface area contributed by atoms with E-state index in [-0.39, 0.29) is 22.5 Å². The highest BCUT2D eigenvalue weighted by Gasteiger charge is 2.45. The molecule has 1 aliphatic heterocycles. The fraction of sp³-hybridized carbons (Fsp3) is 0.259. The first-order valence-corrected chi connectivity index (χ1v) is 12.8. The Kier molecular flexibility index (Phi) is 6.92. The molecule has 0 amide bonds. The zero-order chi connectivity index (χ0) is 25.6. The van der Waals surface area contributed by atoms with Gasteiger partial charge in [-0.15, -0.1) is 0 Å². The third kappa shape index (κ3) is 4.69. The molecule has 3 nitrogen and oxygen atoms in total. The monoisotopic (exact) mass is 597 g/mol. The van der Waals surface area contributed by atoms with Crippen molar-refractivity contribution < 1.29 is 22.6 Å². The van der Waals surface area contributed by atoms with E-state index in [0.29, 0.717) is 39.7 Å². The number of methoxy groups -OCH3 is 1. The normalized spacial score (nSPS) is 20.5. The van der Waals surface area contributed by atoms with Gasteiger partial charge in [-0.1, -0.05) is 47.5 Å². The molecule has 9 heteroatoms. The maximum absolute atomic E-state index is 13.9. The van der Waals surface area contributed by atoms with Gasteiger partial charge in [0, 0.05) is 10.9 Å². The second kappa shape index (κ2) is 9.84. The minimum Gasteiger partial charge on any atom is -0.493 e. The van der Waals surface area contributed by atoms with Gasteiger partial charge in [-0.2, -0.15) is 13.2 Å². The molecule has 36 heavy (non-hydrogen) atoms. The van der Waals surface area contributed by atoms with E-state index >= 15 is 0 Å². The summed E-state index contributed by atoms with van der Waals surface area (Å²) in [6, 6.07) is 13.2. The molecule has 0 spiro atoms. The van der Waals surface area contributed by atoms with E-state index in [1.807, 2.05) is 36.4 Å². The number of allylic oxidation sites excluding steroid dienone is 2. The van der Waals surface area contributed by atoms with Crippen LogP contribution in [-0.2, 0) is 12.8 Å². The van der Waals surface area contributed by atoms with Crippen molar-refractivity contribution in [3.05, 3.63) is 97.5 Å². The Morgan fingerprint density at radius 3 is 2.53 bits per heavy atom. The van der Waals surface area contributed by atoms with E-state index in [1.165, 1.54) is 6.07 Å². The molecule has 1 N–H and O–H groups in total. The average Bonchev–Trinajstić information content (AvgIpc) is 3.33. The lowest BCUT2D eigenvalue weighted by Crippen LogP contribution is -2.31. The summed E-state index contributed by atoms with van der Waals surface area (Å²) in [5.74, 6) is 0.520. The van der Waals surface area contributed by atoms with E-state index in [1.54, 1.807) is 19.2 Å². The maximum atomic E-state index is 13.9. The number of hydrogen-bond acceptors (Lipinski definition) is 3. The maximum Gasteiger partial charge on any atom is 0.416 e. The highest BCUT2D eigenvalue weighted by Crippen LogP contribution is 2.55. The van der Waals surface area contributed by atoms with Gasteiger partial charge in [-0.3, -0.25) is 0 Å². The average molecular weight is 599 g/mol. The molecule has 0 bridgehead atoms. The third-order valence-electron chi connectivity index (χ3n) is 6.68. The first-order chi connectivity index (χ1) is 17.2. The van der Waals surface area contributed by atoms with E-state index in [9.17, 15) is 13.2 Å². The van der Waals surface area contributed by atoms with Crippen molar-refractivity contribution in [3.8, 4) is 11.5 Å². The molecular weight excluding hydrogens is 578 g/mol. The second-order valence-electron chi connectivity index (χ2n) is 8.81. The topological polar surface area (TPSA) is 30.5 Å². The first-order valence-electron chi connectivity index (χ1n) is 11.2. The van der Waals surface area contributed by atoms with E-state index in [4.69, 9.17) is 32.7 Å². The Morgan fingerprint density at radius 2 is 1.83 bits per heavy atom. The van der Waals surface area contributed by atoms with Gasteiger partial charge in [0.05, 0.1) is 33.9 Å². The van der Waals surface area contributed by atoms with Crippen LogP contribution in [0.3, 0.4) is 0 Å². The fourth-order valence-corrected chi connectivity index (χ4v) is 5.97. The molecule has 0 saturated heterocycles. The van der Waals surface area contributed by atoms with Crippen LogP contribution in [0.2, 0.25) is 10.0 Å². The molecule has 3 aromatic rings. The van der Waals surface area contributed by atoms with Crippen molar-refractivity contribution in [3.63, 3.8) is 0 Å². The largest absolute Gasteiger partial charge is 0.493 e. The summed E-state index contributed by atoms with van der Waals surface area (Å²) in [6.07, 6.45) is -0.0331. The zero-order valence-electron chi connectivity index (χ0n) is 19.0. The Bertz CT molecular complexity index is 1330. The summed E-state index contributed by atoms with van der Waals surface area (Å²) >= 11 is 16.0. The van der Waals surface area contributed by atoms with Crippen LogP contribution in [0.5, 0.6) is 11.5 Å². The molecule has 5 rings (SSSR count). The van der Waals surface area contributed by atoms with Crippen molar-refractivity contribution >= 4 is 44.8 Å². The van der Waals surface area contributed by atoms with Crippen LogP contribution in [0.15, 0.2) is 65.2 Å². The van der Waals surface area contributed by atoms with Crippen LogP contribution >= 0.6 is 39.1 Å². The number of halogens is 6. The van der Waals surface area contributed by atoms with E-state index < -0.39 is 17.7 Å². The highest BCUT2D eigenvalue weighted by molar-refractivity contribution is 9.10. The van der Waals surface area contributed by atoms with Crippen LogP contribution < -0.4 is 14.8 Å². The summed E-state index contributed by atoms with van der Waals surface area (Å²) in [6.45, 7) is 0.310. The SMILES string of the molecule is COc1cc([C@@H]2Nc3c(Cl)ccc(C(F)(F)F)c3[C@H]3C=CC[C@H]32)cc(Br)c1OCc1ccc(Cl)cc1. The van der Waals surface area contributed by atoms with Gasteiger partial charge in [0.15, 0.2) is 11.5 Å². The molecule has 1 aliphatic carbocycles. The van der Waals surface area contributed by atoms with Gasteiger partial charge in [0.25, 0.3) is 0 Å². The first kappa shape index (κ1) is 25.3. The number of fused-ring (bicyclic) bond motifs is 3. The van der Waals surface area contributed by atoms with E-state index in [2.05, 4.69) is 21.2 Å². The number of rotatable bonds is 5. The Hall–Kier alpha value is -2.35. The smallest absolute Gasteiger partial charge is 0.416 e. The molecule has 0 saturated carbocycles. The lowest BCUT2D eigenvalue weighted by molar-refractivity contribution is -0.138. The van der Waals surface area contributed by atoms with Crippen LogP contribution in [0, 0.1) is 5.92 Å². The molecule has 2 aliphatic rings. The van der Waals surface area contributed by atoms with Gasteiger partial charge in [0.1, 0.15) is 6.61 Å². The third-order valence-corrected chi connectivity index (χ3v) is 7.84.